The number of carbonyl (C=O) groups is 2. The first kappa shape index (κ1) is 12.1. The summed E-state index contributed by atoms with van der Waals surface area (Å²) in [4.78, 5) is 23.2. The normalized spacial score (nSPS) is 16.2. The fraction of sp³-hybridized carbons (Fsp3) is 0.0769. The van der Waals surface area contributed by atoms with Crippen LogP contribution in [0, 0.1) is 0 Å². The van der Waals surface area contributed by atoms with E-state index in [2.05, 4.69) is 0 Å². The number of Topliss-reactive ketones (excluding diaryl/α,β-unsaturated/α-hetero) is 1. The molecule has 1 aliphatic carbocycles. The minimum absolute atomic E-state index is 0.0775. The van der Waals surface area contributed by atoms with Crippen LogP contribution < -0.4 is 0 Å². The highest BCUT2D eigenvalue weighted by Crippen LogP contribution is 2.26. The van der Waals surface area contributed by atoms with Gasteiger partial charge in [-0.25, -0.2) is 0 Å². The molecule has 0 saturated carbocycles. The van der Waals surface area contributed by atoms with Crippen molar-refractivity contribution >= 4 is 34.8 Å². The summed E-state index contributed by atoms with van der Waals surface area (Å²) in [5.41, 5.74) is 1.22. The number of hydrogen-bond donors (Lipinski definition) is 0. The van der Waals surface area contributed by atoms with E-state index in [1.807, 2.05) is 30.3 Å². The van der Waals surface area contributed by atoms with Crippen molar-refractivity contribution in [1.29, 1.82) is 0 Å². The van der Waals surface area contributed by atoms with E-state index in [1.54, 1.807) is 0 Å². The van der Waals surface area contributed by atoms with Crippen molar-refractivity contribution in [2.75, 3.05) is 0 Å². The highest BCUT2D eigenvalue weighted by Gasteiger charge is 2.26. The number of rotatable bonds is 2. The van der Waals surface area contributed by atoms with Crippen LogP contribution in [0.5, 0.6) is 0 Å². The van der Waals surface area contributed by atoms with E-state index in [1.165, 1.54) is 0 Å². The average Bonchev–Trinajstić information content (AvgIpc) is 2.33. The molecule has 0 radical (unpaired) electrons. The van der Waals surface area contributed by atoms with E-state index in [9.17, 15) is 9.59 Å². The predicted octanol–water partition coefficient (Wildman–Crippen LogP) is 3.00. The van der Waals surface area contributed by atoms with E-state index in [4.69, 9.17) is 23.2 Å². The first-order valence-electron chi connectivity index (χ1n) is 4.98. The fourth-order valence-corrected chi connectivity index (χ4v) is 2.09. The minimum Gasteiger partial charge on any atom is -0.290 e. The van der Waals surface area contributed by atoms with Crippen LogP contribution in [-0.2, 0) is 16.0 Å². The van der Waals surface area contributed by atoms with Crippen LogP contribution in [0.25, 0.3) is 0 Å². The Balaban J connectivity index is 2.33. The molecular weight excluding hydrogens is 259 g/mol. The SMILES string of the molecule is O=C1C=C(Cl)C(=O)C(Cl)=C1Cc1ccccc1. The molecule has 2 nitrogen and oxygen atoms in total. The van der Waals surface area contributed by atoms with Gasteiger partial charge in [-0.1, -0.05) is 53.5 Å². The van der Waals surface area contributed by atoms with Gasteiger partial charge in [-0.05, 0) is 5.56 Å². The maximum atomic E-state index is 11.7. The van der Waals surface area contributed by atoms with Gasteiger partial charge in [0, 0.05) is 18.1 Å². The molecule has 0 saturated heterocycles. The molecular formula is C13H8Cl2O2. The van der Waals surface area contributed by atoms with Crippen LogP contribution in [0.3, 0.4) is 0 Å². The first-order chi connectivity index (χ1) is 8.09. The van der Waals surface area contributed by atoms with Gasteiger partial charge in [0.15, 0.2) is 5.78 Å². The summed E-state index contributed by atoms with van der Waals surface area (Å²) in [5, 5.41) is -0.205. The molecule has 0 amide bonds. The van der Waals surface area contributed by atoms with E-state index in [0.717, 1.165) is 11.6 Å². The lowest BCUT2D eigenvalue weighted by molar-refractivity contribution is -0.115. The highest BCUT2D eigenvalue weighted by atomic mass is 35.5. The van der Waals surface area contributed by atoms with Gasteiger partial charge in [0.1, 0.15) is 0 Å². The Kier molecular flexibility index (Phi) is 3.46. The largest absolute Gasteiger partial charge is 0.290 e. The summed E-state index contributed by atoms with van der Waals surface area (Å²) >= 11 is 11.5. The molecule has 86 valence electrons. The number of halogens is 2. The summed E-state index contributed by atoms with van der Waals surface area (Å²) in [5.74, 6) is -0.790. The van der Waals surface area contributed by atoms with Gasteiger partial charge in [0.2, 0.25) is 5.78 Å². The van der Waals surface area contributed by atoms with Gasteiger partial charge in [-0.2, -0.15) is 0 Å². The van der Waals surface area contributed by atoms with Crippen LogP contribution >= 0.6 is 23.2 Å². The second-order valence-corrected chi connectivity index (χ2v) is 4.43. The summed E-state index contributed by atoms with van der Waals surface area (Å²) in [6.45, 7) is 0. The third-order valence-electron chi connectivity index (χ3n) is 2.46. The van der Waals surface area contributed by atoms with E-state index >= 15 is 0 Å². The van der Waals surface area contributed by atoms with Crippen molar-refractivity contribution in [3.8, 4) is 0 Å². The minimum atomic E-state index is -0.487. The number of hydrogen-bond acceptors (Lipinski definition) is 2. The average molecular weight is 267 g/mol. The lowest BCUT2D eigenvalue weighted by Gasteiger charge is -2.11. The molecule has 1 aromatic carbocycles. The summed E-state index contributed by atoms with van der Waals surface area (Å²) in [6, 6.07) is 9.34. The zero-order chi connectivity index (χ0) is 12.4. The van der Waals surface area contributed by atoms with Gasteiger partial charge in [-0.3, -0.25) is 9.59 Å². The van der Waals surface area contributed by atoms with E-state index < -0.39 is 5.78 Å². The lowest BCUT2D eigenvalue weighted by atomic mass is 9.96. The van der Waals surface area contributed by atoms with Crippen molar-refractivity contribution in [3.05, 3.63) is 57.6 Å². The molecule has 1 aliphatic rings. The van der Waals surface area contributed by atoms with Gasteiger partial charge in [-0.15, -0.1) is 0 Å². The van der Waals surface area contributed by atoms with Gasteiger partial charge < -0.3 is 0 Å². The molecule has 0 atom stereocenters. The molecule has 0 bridgehead atoms. The molecule has 4 heteroatoms. The zero-order valence-corrected chi connectivity index (χ0v) is 10.3. The van der Waals surface area contributed by atoms with Gasteiger partial charge >= 0.3 is 0 Å². The Hall–Kier alpha value is -1.38. The van der Waals surface area contributed by atoms with Gasteiger partial charge in [0.25, 0.3) is 0 Å². The Morgan fingerprint density at radius 1 is 1.00 bits per heavy atom. The second kappa shape index (κ2) is 4.86. The third kappa shape index (κ3) is 2.48. The van der Waals surface area contributed by atoms with Crippen molar-refractivity contribution in [2.24, 2.45) is 0 Å². The van der Waals surface area contributed by atoms with Crippen LogP contribution in [0.1, 0.15) is 5.56 Å². The van der Waals surface area contributed by atoms with Crippen LogP contribution in [0.15, 0.2) is 52.0 Å². The van der Waals surface area contributed by atoms with Crippen molar-refractivity contribution in [3.63, 3.8) is 0 Å². The van der Waals surface area contributed by atoms with Crippen LogP contribution in [-0.4, -0.2) is 11.6 Å². The molecule has 0 aromatic heterocycles. The quantitative estimate of drug-likeness (QED) is 0.772. The number of allylic oxidation sites excluding steroid dienone is 4. The molecule has 0 spiro atoms. The van der Waals surface area contributed by atoms with Crippen molar-refractivity contribution in [2.45, 2.75) is 6.42 Å². The Bertz CT molecular complexity index is 542. The first-order valence-corrected chi connectivity index (χ1v) is 5.74. The Morgan fingerprint density at radius 3 is 2.29 bits per heavy atom. The number of benzene rings is 1. The standard InChI is InChI=1S/C13H8Cl2O2/c14-10-7-11(16)9(12(15)13(10)17)6-8-4-2-1-3-5-8/h1-5,7H,6H2. The molecule has 1 aromatic rings. The van der Waals surface area contributed by atoms with Crippen LogP contribution in [0.4, 0.5) is 0 Å². The van der Waals surface area contributed by atoms with E-state index in [0.29, 0.717) is 12.0 Å². The smallest absolute Gasteiger partial charge is 0.216 e. The maximum Gasteiger partial charge on any atom is 0.216 e. The molecule has 0 fully saturated rings. The molecule has 0 N–H and O–H groups in total. The molecule has 0 heterocycles. The topological polar surface area (TPSA) is 34.1 Å². The Labute approximate surface area is 109 Å². The highest BCUT2D eigenvalue weighted by molar-refractivity contribution is 6.58. The molecule has 0 unspecified atom stereocenters. The number of carbonyl (C=O) groups excluding carboxylic acids is 2. The summed E-state index contributed by atoms with van der Waals surface area (Å²) < 4.78 is 0. The third-order valence-corrected chi connectivity index (χ3v) is 3.14. The zero-order valence-electron chi connectivity index (χ0n) is 8.74. The molecule has 0 aliphatic heterocycles. The van der Waals surface area contributed by atoms with Crippen molar-refractivity contribution < 1.29 is 9.59 Å². The van der Waals surface area contributed by atoms with E-state index in [-0.39, 0.29) is 15.8 Å². The monoisotopic (exact) mass is 266 g/mol. The Morgan fingerprint density at radius 2 is 1.65 bits per heavy atom. The predicted molar refractivity (Wildman–Crippen MR) is 67.0 cm³/mol. The maximum absolute atomic E-state index is 11.7. The number of ketones is 2. The van der Waals surface area contributed by atoms with Crippen molar-refractivity contribution in [1.82, 2.24) is 0 Å². The van der Waals surface area contributed by atoms with Gasteiger partial charge in [0.05, 0.1) is 10.1 Å². The molecule has 17 heavy (non-hydrogen) atoms. The second-order valence-electron chi connectivity index (χ2n) is 3.64. The van der Waals surface area contributed by atoms with Crippen LogP contribution in [0.2, 0.25) is 0 Å². The summed E-state index contributed by atoms with van der Waals surface area (Å²) in [7, 11) is 0. The summed E-state index contributed by atoms with van der Waals surface area (Å²) in [6.07, 6.45) is 1.46. The fourth-order valence-electron chi connectivity index (χ4n) is 1.58. The lowest BCUT2D eigenvalue weighted by Crippen LogP contribution is -2.16. The molecule has 2 rings (SSSR count).